The first-order valence-corrected chi connectivity index (χ1v) is 6.24. The standard InChI is InChI=1S/C10H15FN2O2S/c1-7(2)13(3)16(14,15)10-6-8(11)4-5-9(10)12/h4-7H,12H2,1-3H3. The lowest BCUT2D eigenvalue weighted by Gasteiger charge is -2.21. The second kappa shape index (κ2) is 4.39. The van der Waals surface area contributed by atoms with Crippen LogP contribution in [-0.4, -0.2) is 25.8 Å². The van der Waals surface area contributed by atoms with Crippen LogP contribution in [0.15, 0.2) is 23.1 Å². The quantitative estimate of drug-likeness (QED) is 0.821. The van der Waals surface area contributed by atoms with Crippen molar-refractivity contribution in [3.8, 4) is 0 Å². The molecule has 1 rings (SSSR count). The highest BCUT2D eigenvalue weighted by Crippen LogP contribution is 2.23. The van der Waals surface area contributed by atoms with E-state index < -0.39 is 15.8 Å². The summed E-state index contributed by atoms with van der Waals surface area (Å²) in [6, 6.07) is 3.09. The van der Waals surface area contributed by atoms with Gasteiger partial charge in [-0.2, -0.15) is 4.31 Å². The maximum atomic E-state index is 13.0. The van der Waals surface area contributed by atoms with Gasteiger partial charge >= 0.3 is 0 Å². The fraction of sp³-hybridized carbons (Fsp3) is 0.400. The molecule has 0 aromatic heterocycles. The monoisotopic (exact) mass is 246 g/mol. The summed E-state index contributed by atoms with van der Waals surface area (Å²) in [5.74, 6) is -0.620. The summed E-state index contributed by atoms with van der Waals surface area (Å²) in [5, 5.41) is 0. The fourth-order valence-corrected chi connectivity index (χ4v) is 2.66. The Morgan fingerprint density at radius 2 is 1.94 bits per heavy atom. The van der Waals surface area contributed by atoms with E-state index >= 15 is 0 Å². The van der Waals surface area contributed by atoms with E-state index in [0.29, 0.717) is 0 Å². The summed E-state index contributed by atoms with van der Waals surface area (Å²) in [6.07, 6.45) is 0. The molecule has 16 heavy (non-hydrogen) atoms. The van der Waals surface area contributed by atoms with Crippen LogP contribution in [0.2, 0.25) is 0 Å². The van der Waals surface area contributed by atoms with Crippen LogP contribution >= 0.6 is 0 Å². The maximum absolute atomic E-state index is 13.0. The zero-order valence-electron chi connectivity index (χ0n) is 9.44. The summed E-state index contributed by atoms with van der Waals surface area (Å²) in [6.45, 7) is 3.46. The van der Waals surface area contributed by atoms with E-state index in [1.54, 1.807) is 13.8 Å². The molecule has 0 fully saturated rings. The van der Waals surface area contributed by atoms with Crippen LogP contribution in [-0.2, 0) is 10.0 Å². The molecule has 1 aromatic carbocycles. The molecule has 0 atom stereocenters. The largest absolute Gasteiger partial charge is 0.398 e. The van der Waals surface area contributed by atoms with Crippen LogP contribution in [0.25, 0.3) is 0 Å². The van der Waals surface area contributed by atoms with Crippen molar-refractivity contribution in [2.45, 2.75) is 24.8 Å². The Kier molecular flexibility index (Phi) is 3.54. The molecule has 0 saturated carbocycles. The van der Waals surface area contributed by atoms with Crippen LogP contribution in [0, 0.1) is 5.82 Å². The van der Waals surface area contributed by atoms with E-state index in [-0.39, 0.29) is 16.6 Å². The summed E-state index contributed by atoms with van der Waals surface area (Å²) < 4.78 is 38.2. The Labute approximate surface area is 94.9 Å². The first-order valence-electron chi connectivity index (χ1n) is 4.80. The Morgan fingerprint density at radius 1 is 1.38 bits per heavy atom. The van der Waals surface area contributed by atoms with E-state index in [4.69, 9.17) is 5.73 Å². The van der Waals surface area contributed by atoms with Crippen LogP contribution in [0.3, 0.4) is 0 Å². The van der Waals surface area contributed by atoms with Crippen LogP contribution in [0.1, 0.15) is 13.8 Å². The molecule has 0 amide bonds. The third-order valence-corrected chi connectivity index (χ3v) is 4.45. The number of rotatable bonds is 3. The van der Waals surface area contributed by atoms with Gasteiger partial charge in [0.2, 0.25) is 10.0 Å². The minimum atomic E-state index is -3.72. The molecular formula is C10H15FN2O2S. The lowest BCUT2D eigenvalue weighted by atomic mass is 10.3. The number of sulfonamides is 1. The molecule has 1 aromatic rings. The average molecular weight is 246 g/mol. The molecule has 4 nitrogen and oxygen atoms in total. The second-order valence-corrected chi connectivity index (χ2v) is 5.76. The van der Waals surface area contributed by atoms with Gasteiger partial charge in [-0.3, -0.25) is 0 Å². The fourth-order valence-electron chi connectivity index (χ4n) is 1.16. The minimum absolute atomic E-state index is 0.0499. The van der Waals surface area contributed by atoms with E-state index in [1.807, 2.05) is 0 Å². The smallest absolute Gasteiger partial charge is 0.245 e. The number of nitrogens with zero attached hydrogens (tertiary/aromatic N) is 1. The zero-order valence-corrected chi connectivity index (χ0v) is 10.3. The van der Waals surface area contributed by atoms with Gasteiger partial charge in [0, 0.05) is 13.1 Å². The number of hydrogen-bond donors (Lipinski definition) is 1. The normalized spacial score (nSPS) is 12.4. The minimum Gasteiger partial charge on any atom is -0.398 e. The second-order valence-electron chi connectivity index (χ2n) is 3.80. The predicted octanol–water partition coefficient (Wildman–Crippen LogP) is 1.44. The average Bonchev–Trinajstić information content (AvgIpc) is 2.20. The molecule has 2 N–H and O–H groups in total. The van der Waals surface area contributed by atoms with Crippen LogP contribution in [0.5, 0.6) is 0 Å². The van der Waals surface area contributed by atoms with Crippen molar-refractivity contribution in [2.75, 3.05) is 12.8 Å². The Hall–Kier alpha value is -1.14. The molecule has 0 heterocycles. The number of nitrogen functional groups attached to an aromatic ring is 1. The van der Waals surface area contributed by atoms with Gasteiger partial charge in [-0.15, -0.1) is 0 Å². The third-order valence-electron chi connectivity index (χ3n) is 2.36. The predicted molar refractivity (Wildman–Crippen MR) is 60.9 cm³/mol. The lowest BCUT2D eigenvalue weighted by Crippen LogP contribution is -2.33. The molecule has 0 aliphatic carbocycles. The van der Waals surface area contributed by atoms with E-state index in [0.717, 1.165) is 16.4 Å². The van der Waals surface area contributed by atoms with E-state index in [1.165, 1.54) is 13.1 Å². The van der Waals surface area contributed by atoms with Gasteiger partial charge in [0.05, 0.1) is 5.69 Å². The van der Waals surface area contributed by atoms with Crippen molar-refractivity contribution in [2.24, 2.45) is 0 Å². The molecule has 6 heteroatoms. The Morgan fingerprint density at radius 3 is 2.44 bits per heavy atom. The van der Waals surface area contributed by atoms with Gasteiger partial charge in [0.15, 0.2) is 0 Å². The Bertz CT molecular complexity index is 486. The third kappa shape index (κ3) is 2.33. The highest BCUT2D eigenvalue weighted by Gasteiger charge is 2.25. The zero-order chi connectivity index (χ0) is 12.5. The van der Waals surface area contributed by atoms with Gasteiger partial charge < -0.3 is 5.73 Å². The van der Waals surface area contributed by atoms with Crippen molar-refractivity contribution in [3.05, 3.63) is 24.0 Å². The molecule has 90 valence electrons. The number of hydrogen-bond acceptors (Lipinski definition) is 3. The SMILES string of the molecule is CC(C)N(C)S(=O)(=O)c1cc(F)ccc1N. The maximum Gasteiger partial charge on any atom is 0.245 e. The van der Waals surface area contributed by atoms with Crippen molar-refractivity contribution in [3.63, 3.8) is 0 Å². The Balaban J connectivity index is 3.32. The number of nitrogens with two attached hydrogens (primary N) is 1. The van der Waals surface area contributed by atoms with Crippen molar-refractivity contribution >= 4 is 15.7 Å². The molecular weight excluding hydrogens is 231 g/mol. The molecule has 0 saturated heterocycles. The molecule has 0 unspecified atom stereocenters. The van der Waals surface area contributed by atoms with E-state index in [2.05, 4.69) is 0 Å². The molecule has 0 aliphatic rings. The van der Waals surface area contributed by atoms with Crippen molar-refractivity contribution in [1.82, 2.24) is 4.31 Å². The summed E-state index contributed by atoms with van der Waals surface area (Å²) in [5.41, 5.74) is 5.59. The summed E-state index contributed by atoms with van der Waals surface area (Å²) >= 11 is 0. The van der Waals surface area contributed by atoms with Crippen molar-refractivity contribution in [1.29, 1.82) is 0 Å². The number of benzene rings is 1. The van der Waals surface area contributed by atoms with Gasteiger partial charge in [0.25, 0.3) is 0 Å². The van der Waals surface area contributed by atoms with E-state index in [9.17, 15) is 12.8 Å². The topological polar surface area (TPSA) is 63.4 Å². The lowest BCUT2D eigenvalue weighted by molar-refractivity contribution is 0.410. The summed E-state index contributed by atoms with van der Waals surface area (Å²) in [4.78, 5) is -0.191. The number of halogens is 1. The molecule has 0 spiro atoms. The molecule has 0 aliphatic heterocycles. The summed E-state index contributed by atoms with van der Waals surface area (Å²) in [7, 11) is -2.29. The van der Waals surface area contributed by atoms with Gasteiger partial charge in [0.1, 0.15) is 10.7 Å². The highest BCUT2D eigenvalue weighted by atomic mass is 32.2. The first-order chi connectivity index (χ1) is 7.26. The molecule has 0 radical (unpaired) electrons. The van der Waals surface area contributed by atoms with Gasteiger partial charge in [-0.05, 0) is 32.0 Å². The van der Waals surface area contributed by atoms with Gasteiger partial charge in [-0.1, -0.05) is 0 Å². The van der Waals surface area contributed by atoms with Crippen LogP contribution in [0.4, 0.5) is 10.1 Å². The number of anilines is 1. The molecule has 0 bridgehead atoms. The highest BCUT2D eigenvalue weighted by molar-refractivity contribution is 7.89. The van der Waals surface area contributed by atoms with Gasteiger partial charge in [-0.25, -0.2) is 12.8 Å². The van der Waals surface area contributed by atoms with Crippen molar-refractivity contribution < 1.29 is 12.8 Å². The van der Waals surface area contributed by atoms with Crippen LogP contribution < -0.4 is 5.73 Å². The first kappa shape index (κ1) is 12.9.